The minimum absolute atomic E-state index is 0.0350. The number of hydrogen-bond acceptors (Lipinski definition) is 5. The first-order valence-corrected chi connectivity index (χ1v) is 9.48. The van der Waals surface area contributed by atoms with Gasteiger partial charge in [0.1, 0.15) is 17.2 Å². The number of carbonyl (C=O) groups is 2. The summed E-state index contributed by atoms with van der Waals surface area (Å²) < 4.78 is 46.4. The Balaban J connectivity index is 1.86. The number of hydrogen-bond donors (Lipinski definition) is 1. The van der Waals surface area contributed by atoms with Gasteiger partial charge in [0.25, 0.3) is 11.8 Å². The molecule has 0 saturated heterocycles. The van der Waals surface area contributed by atoms with Crippen molar-refractivity contribution in [3.05, 3.63) is 59.8 Å². The van der Waals surface area contributed by atoms with Crippen molar-refractivity contribution in [2.45, 2.75) is 20.2 Å². The molecule has 9 heteroatoms. The molecule has 0 aromatic heterocycles. The quantitative estimate of drug-likeness (QED) is 0.653. The van der Waals surface area contributed by atoms with Crippen molar-refractivity contribution in [1.82, 2.24) is 4.90 Å². The molecular formula is C22H21F3N2O4. The van der Waals surface area contributed by atoms with Gasteiger partial charge in [-0.1, -0.05) is 26.0 Å². The molecule has 0 saturated carbocycles. The number of nitrogens with one attached hydrogen (secondary N) is 1. The van der Waals surface area contributed by atoms with Crippen LogP contribution in [0.15, 0.2) is 54.2 Å². The van der Waals surface area contributed by atoms with Crippen molar-refractivity contribution in [2.24, 2.45) is 5.92 Å². The van der Waals surface area contributed by atoms with Crippen LogP contribution in [-0.4, -0.2) is 36.7 Å². The molecule has 0 fully saturated rings. The number of alkyl halides is 3. The number of rotatable bonds is 7. The molecule has 1 aliphatic heterocycles. The van der Waals surface area contributed by atoms with E-state index in [2.05, 4.69) is 10.1 Å². The van der Waals surface area contributed by atoms with Gasteiger partial charge >= 0.3 is 6.36 Å². The van der Waals surface area contributed by atoms with Crippen LogP contribution in [0.1, 0.15) is 19.4 Å². The summed E-state index contributed by atoms with van der Waals surface area (Å²) in [6, 6.07) is 11.6. The van der Waals surface area contributed by atoms with Gasteiger partial charge in [0, 0.05) is 12.7 Å². The maximum Gasteiger partial charge on any atom is 0.573 e. The monoisotopic (exact) mass is 434 g/mol. The zero-order chi connectivity index (χ0) is 22.8. The molecule has 1 heterocycles. The number of amides is 2. The lowest BCUT2D eigenvalue weighted by Crippen LogP contribution is -2.27. The summed E-state index contributed by atoms with van der Waals surface area (Å²) >= 11 is 0. The van der Waals surface area contributed by atoms with Gasteiger partial charge in [0.15, 0.2) is 0 Å². The number of carbonyl (C=O) groups excluding carboxylic acids is 2. The predicted molar refractivity (Wildman–Crippen MR) is 108 cm³/mol. The molecule has 0 radical (unpaired) electrons. The fourth-order valence-electron chi connectivity index (χ4n) is 2.89. The van der Waals surface area contributed by atoms with E-state index in [-0.39, 0.29) is 11.3 Å². The average Bonchev–Trinajstić information content (AvgIpc) is 2.91. The number of halogens is 3. The summed E-state index contributed by atoms with van der Waals surface area (Å²) in [5.74, 6) is -0.432. The summed E-state index contributed by atoms with van der Waals surface area (Å²) in [5, 5.41) is 2.84. The molecule has 164 valence electrons. The summed E-state index contributed by atoms with van der Waals surface area (Å²) in [5.41, 5.74) is 1.04. The van der Waals surface area contributed by atoms with Crippen LogP contribution in [-0.2, 0) is 9.59 Å². The lowest BCUT2D eigenvalue weighted by Gasteiger charge is -2.12. The first-order valence-electron chi connectivity index (χ1n) is 9.48. The van der Waals surface area contributed by atoms with Crippen molar-refractivity contribution in [1.29, 1.82) is 0 Å². The van der Waals surface area contributed by atoms with Gasteiger partial charge in [-0.25, -0.2) is 0 Å². The second-order valence-electron chi connectivity index (χ2n) is 7.35. The molecular weight excluding hydrogens is 413 g/mol. The molecule has 0 aliphatic carbocycles. The number of ether oxygens (including phenoxy) is 2. The third kappa shape index (κ3) is 5.36. The van der Waals surface area contributed by atoms with Gasteiger partial charge in [-0.3, -0.25) is 14.5 Å². The number of imide groups is 1. The highest BCUT2D eigenvalue weighted by atomic mass is 19.4. The van der Waals surface area contributed by atoms with Gasteiger partial charge < -0.3 is 14.8 Å². The van der Waals surface area contributed by atoms with E-state index in [1.54, 1.807) is 24.3 Å². The van der Waals surface area contributed by atoms with E-state index in [9.17, 15) is 22.8 Å². The summed E-state index contributed by atoms with van der Waals surface area (Å²) in [7, 11) is 1.36. The number of likely N-dealkylation sites (N-methyl/N-ethyl adjacent to an activating group) is 1. The first-order chi connectivity index (χ1) is 14.5. The van der Waals surface area contributed by atoms with Crippen molar-refractivity contribution < 1.29 is 32.2 Å². The molecule has 0 atom stereocenters. The van der Waals surface area contributed by atoms with Crippen molar-refractivity contribution in [3.63, 3.8) is 0 Å². The van der Waals surface area contributed by atoms with Crippen LogP contribution in [0.4, 0.5) is 18.9 Å². The zero-order valence-corrected chi connectivity index (χ0v) is 17.1. The maximum atomic E-state index is 12.7. The van der Waals surface area contributed by atoms with E-state index < -0.39 is 23.9 Å². The topological polar surface area (TPSA) is 67.9 Å². The Kier molecular flexibility index (Phi) is 6.24. The highest BCUT2D eigenvalue weighted by molar-refractivity contribution is 6.36. The molecule has 1 N–H and O–H groups in total. The number of benzene rings is 2. The fraction of sp³-hybridized carbons (Fsp3) is 0.273. The van der Waals surface area contributed by atoms with Crippen LogP contribution < -0.4 is 14.8 Å². The smallest absolute Gasteiger partial charge is 0.493 e. The molecule has 0 unspecified atom stereocenters. The molecule has 2 aromatic rings. The number of nitrogens with zero attached hydrogens (tertiary/aromatic N) is 1. The summed E-state index contributed by atoms with van der Waals surface area (Å²) in [6.07, 6.45) is -4.80. The second-order valence-corrected chi connectivity index (χ2v) is 7.35. The Morgan fingerprint density at radius 2 is 1.52 bits per heavy atom. The molecule has 0 bridgehead atoms. The normalized spacial score (nSPS) is 14.5. The van der Waals surface area contributed by atoms with Crippen molar-refractivity contribution >= 4 is 23.1 Å². The zero-order valence-electron chi connectivity index (χ0n) is 17.1. The van der Waals surface area contributed by atoms with E-state index in [1.165, 1.54) is 19.2 Å². The van der Waals surface area contributed by atoms with E-state index >= 15 is 0 Å². The second kappa shape index (κ2) is 8.71. The van der Waals surface area contributed by atoms with Crippen LogP contribution >= 0.6 is 0 Å². The van der Waals surface area contributed by atoms with E-state index in [1.807, 2.05) is 13.8 Å². The minimum atomic E-state index is -4.80. The van der Waals surface area contributed by atoms with Crippen LogP contribution in [0.2, 0.25) is 0 Å². The van der Waals surface area contributed by atoms with E-state index in [4.69, 9.17) is 4.74 Å². The molecule has 31 heavy (non-hydrogen) atoms. The Labute approximate surface area is 177 Å². The van der Waals surface area contributed by atoms with Gasteiger partial charge in [-0.15, -0.1) is 13.2 Å². The lowest BCUT2D eigenvalue weighted by molar-refractivity contribution is -0.274. The van der Waals surface area contributed by atoms with Crippen LogP contribution in [0, 0.1) is 5.92 Å². The third-order valence-corrected chi connectivity index (χ3v) is 4.37. The van der Waals surface area contributed by atoms with Crippen molar-refractivity contribution in [2.75, 3.05) is 19.0 Å². The molecule has 1 aliphatic rings. The van der Waals surface area contributed by atoms with Crippen molar-refractivity contribution in [3.8, 4) is 11.5 Å². The van der Waals surface area contributed by atoms with Crippen LogP contribution in [0.5, 0.6) is 11.5 Å². The fourth-order valence-corrected chi connectivity index (χ4v) is 2.89. The Morgan fingerprint density at radius 1 is 0.935 bits per heavy atom. The highest BCUT2D eigenvalue weighted by Crippen LogP contribution is 2.31. The van der Waals surface area contributed by atoms with Gasteiger partial charge in [-0.05, 0) is 47.9 Å². The lowest BCUT2D eigenvalue weighted by atomic mass is 10.0. The summed E-state index contributed by atoms with van der Waals surface area (Å²) in [4.78, 5) is 26.2. The molecule has 3 rings (SSSR count). The maximum absolute atomic E-state index is 12.7. The predicted octanol–water partition coefficient (Wildman–Crippen LogP) is 4.44. The Hall–Kier alpha value is -3.49. The standard InChI is InChI=1S/C22H21F3N2O4/c1-13(2)12-30-16-8-4-14(5-9-16)18-19(21(29)27(3)20(18)28)26-15-6-10-17(11-7-15)31-22(23,24)25/h4-11,13,26H,12H2,1-3H3. The first kappa shape index (κ1) is 22.2. The number of anilines is 1. The van der Waals surface area contributed by atoms with E-state index in [0.29, 0.717) is 29.5 Å². The van der Waals surface area contributed by atoms with Crippen LogP contribution in [0.3, 0.4) is 0 Å². The van der Waals surface area contributed by atoms with Gasteiger partial charge in [0.05, 0.1) is 12.2 Å². The molecule has 2 amide bonds. The Morgan fingerprint density at radius 3 is 2.06 bits per heavy atom. The minimum Gasteiger partial charge on any atom is -0.493 e. The van der Waals surface area contributed by atoms with E-state index in [0.717, 1.165) is 17.0 Å². The molecule has 2 aromatic carbocycles. The van der Waals surface area contributed by atoms with Gasteiger partial charge in [0.2, 0.25) is 0 Å². The SMILES string of the molecule is CC(C)COc1ccc(C2=C(Nc3ccc(OC(F)(F)F)cc3)C(=O)N(C)C2=O)cc1. The molecule has 6 nitrogen and oxygen atoms in total. The van der Waals surface area contributed by atoms with Gasteiger partial charge in [-0.2, -0.15) is 0 Å². The van der Waals surface area contributed by atoms with Crippen LogP contribution in [0.25, 0.3) is 5.57 Å². The molecule has 0 spiro atoms. The third-order valence-electron chi connectivity index (χ3n) is 4.37. The summed E-state index contributed by atoms with van der Waals surface area (Å²) in [6.45, 7) is 4.60. The Bertz CT molecular complexity index is 997. The largest absolute Gasteiger partial charge is 0.573 e. The highest BCUT2D eigenvalue weighted by Gasteiger charge is 2.37. The average molecular weight is 434 g/mol.